The lowest BCUT2D eigenvalue weighted by molar-refractivity contribution is -0.148. The molecule has 1 unspecified atom stereocenters. The molecule has 3 rings (SSSR count). The molecule has 0 radical (unpaired) electrons. The summed E-state index contributed by atoms with van der Waals surface area (Å²) in [6, 6.07) is 25.0. The topological polar surface area (TPSA) is 450 Å². The molecule has 99 heavy (non-hydrogen) atoms. The normalized spacial score (nSPS) is 10.8. The molecule has 0 aliphatic heterocycles. The molecule has 0 saturated heterocycles. The Labute approximate surface area is 573 Å². The molecule has 3 amide bonds. The van der Waals surface area contributed by atoms with E-state index in [0.29, 0.717) is 98.4 Å². The fourth-order valence-electron chi connectivity index (χ4n) is 6.58. The van der Waals surface area contributed by atoms with Gasteiger partial charge in [-0.1, -0.05) is 51.5 Å². The minimum Gasteiger partial charge on any atom is -0.497 e. The Balaban J connectivity index is 0.00000130. The lowest BCUT2D eigenvalue weighted by atomic mass is 10.1. The van der Waals surface area contributed by atoms with Crippen LogP contribution in [0.1, 0.15) is 104 Å². The molecule has 538 valence electrons. The first-order chi connectivity index (χ1) is 47.6. The van der Waals surface area contributed by atoms with Crippen molar-refractivity contribution in [3.63, 3.8) is 0 Å². The van der Waals surface area contributed by atoms with Gasteiger partial charge in [0.1, 0.15) is 55.0 Å². The fraction of sp³-hybridized carbons (Fsp3) is 0.426. The molecule has 31 nitrogen and oxygen atoms in total. The minimum atomic E-state index is -1.23. The Bertz CT molecular complexity index is 3220. The van der Waals surface area contributed by atoms with Crippen LogP contribution in [0.4, 0.5) is 0 Å². The van der Waals surface area contributed by atoms with E-state index in [9.17, 15) is 47.9 Å². The van der Waals surface area contributed by atoms with Crippen LogP contribution < -0.4 is 30.2 Å². The summed E-state index contributed by atoms with van der Waals surface area (Å²) in [6.45, 7) is 10.2. The second-order valence-electron chi connectivity index (χ2n) is 19.5. The van der Waals surface area contributed by atoms with Gasteiger partial charge in [-0.3, -0.25) is 33.6 Å². The van der Waals surface area contributed by atoms with Crippen LogP contribution in [0, 0.1) is 34.0 Å². The number of Topliss-reactive ketones (excluding diaryl/α,β-unsaturated/α-hetero) is 2. The van der Waals surface area contributed by atoms with E-state index in [4.69, 9.17) is 73.7 Å². The van der Waals surface area contributed by atoms with Crippen molar-refractivity contribution in [3.05, 3.63) is 138 Å². The Hall–Kier alpha value is -11.2. The number of allylic oxidation sites excluding steroid dienone is 1. The number of nitrogens with one attached hydrogen (secondary N) is 3. The highest BCUT2D eigenvalue weighted by Crippen LogP contribution is 2.18. The molecule has 0 fully saturated rings. The molecule has 6 N–H and O–H groups in total. The minimum absolute atomic E-state index is 0.00129. The van der Waals surface area contributed by atoms with E-state index in [-0.39, 0.29) is 74.7 Å². The number of unbranched alkanes of at least 4 members (excludes halogenated alkanes) is 1. The van der Waals surface area contributed by atoms with Crippen LogP contribution in [0.2, 0.25) is 0 Å². The first-order valence-corrected chi connectivity index (χ1v) is 30.8. The number of esters is 1. The number of carbonyl (C=O) groups is 10. The number of nitrogens with zero attached hydrogens (tertiary/aromatic N) is 3. The van der Waals surface area contributed by atoms with Crippen LogP contribution in [0.15, 0.2) is 121 Å². The fourth-order valence-corrected chi connectivity index (χ4v) is 6.58. The number of carboxylic acids is 3. The monoisotopic (exact) mass is 1390 g/mol. The number of aliphatic carboxylic acids is 3. The van der Waals surface area contributed by atoms with Crippen LogP contribution >= 0.6 is 0 Å². The second kappa shape index (κ2) is 58.2. The number of hydrogen-bond acceptors (Lipinski definition) is 25. The van der Waals surface area contributed by atoms with Gasteiger partial charge in [0, 0.05) is 69.1 Å². The van der Waals surface area contributed by atoms with Gasteiger partial charge in [0.25, 0.3) is 11.8 Å². The van der Waals surface area contributed by atoms with Crippen molar-refractivity contribution in [2.24, 2.45) is 0 Å². The van der Waals surface area contributed by atoms with Crippen molar-refractivity contribution >= 4 is 58.9 Å². The summed E-state index contributed by atoms with van der Waals surface area (Å²) in [5.41, 5.74) is 1.50. The van der Waals surface area contributed by atoms with Crippen molar-refractivity contribution in [2.75, 3.05) is 112 Å². The first kappa shape index (κ1) is 87.8. The zero-order valence-corrected chi connectivity index (χ0v) is 55.9. The zero-order chi connectivity index (χ0) is 73.7. The number of hydrogen-bond donors (Lipinski definition) is 6. The van der Waals surface area contributed by atoms with Gasteiger partial charge in [-0.05, 0) is 67.8 Å². The van der Waals surface area contributed by atoms with E-state index >= 15 is 0 Å². The number of carbonyl (C=O) groups excluding carboxylic acids is 7. The molecule has 0 bridgehead atoms. The van der Waals surface area contributed by atoms with Crippen molar-refractivity contribution in [3.8, 4) is 35.5 Å². The number of nitriles is 3. The van der Waals surface area contributed by atoms with Crippen LogP contribution in [-0.4, -0.2) is 193 Å². The maximum Gasteiger partial charge on any atom is 0.341 e. The summed E-state index contributed by atoms with van der Waals surface area (Å²) < 4.78 is 61.3. The van der Waals surface area contributed by atoms with Crippen molar-refractivity contribution in [1.29, 1.82) is 15.8 Å². The molecule has 31 heteroatoms. The predicted molar refractivity (Wildman–Crippen MR) is 350 cm³/mol. The highest BCUT2D eigenvalue weighted by molar-refractivity contribution is 6.00. The summed E-state index contributed by atoms with van der Waals surface area (Å²) in [6.07, 6.45) is 10.1. The maximum absolute atomic E-state index is 12.1. The van der Waals surface area contributed by atoms with E-state index < -0.39 is 62.2 Å². The third-order valence-electron chi connectivity index (χ3n) is 11.2. The smallest absolute Gasteiger partial charge is 0.341 e. The lowest BCUT2D eigenvalue weighted by Crippen LogP contribution is -2.25. The average Bonchev–Trinajstić information content (AvgIpc) is 0.978. The van der Waals surface area contributed by atoms with Gasteiger partial charge in [0.15, 0.2) is 44.6 Å². The van der Waals surface area contributed by atoms with Crippen molar-refractivity contribution < 1.29 is 120 Å². The lowest BCUT2D eigenvalue weighted by Gasteiger charge is -2.18. The number of benzene rings is 3. The van der Waals surface area contributed by atoms with E-state index in [0.717, 1.165) is 50.4 Å². The Kier molecular flexibility index (Phi) is 51.6. The van der Waals surface area contributed by atoms with Crippen molar-refractivity contribution in [1.82, 2.24) is 16.0 Å². The third-order valence-corrected chi connectivity index (χ3v) is 11.2. The zero-order valence-electron chi connectivity index (χ0n) is 55.9. The summed E-state index contributed by atoms with van der Waals surface area (Å²) in [4.78, 5) is 111. The number of ketones is 3. The van der Waals surface area contributed by atoms with Gasteiger partial charge in [0.2, 0.25) is 18.0 Å². The summed E-state index contributed by atoms with van der Waals surface area (Å²) in [7, 11) is 0. The van der Waals surface area contributed by atoms with Crippen LogP contribution in [0.3, 0.4) is 0 Å². The van der Waals surface area contributed by atoms with Crippen LogP contribution in [-0.2, 0) is 76.2 Å². The Morgan fingerprint density at radius 2 is 1.10 bits per heavy atom. The van der Waals surface area contributed by atoms with E-state index in [2.05, 4.69) is 30.2 Å². The highest BCUT2D eigenvalue weighted by atomic mass is 16.7. The van der Waals surface area contributed by atoms with Crippen molar-refractivity contribution in [2.45, 2.75) is 79.4 Å². The van der Waals surface area contributed by atoms with Gasteiger partial charge in [-0.2, -0.15) is 15.8 Å². The molecule has 0 spiro atoms. The largest absolute Gasteiger partial charge is 0.497 e. The highest BCUT2D eigenvalue weighted by Gasteiger charge is 2.15. The number of carboxylic acid groups (broad SMARTS) is 3. The standard InChI is InChI=1S/C20H25NO7.C17H18N2O6.C16H19NO6.C15H24N2O6/c1-2-3-8-18(22)16-6-4-7-17(13-16)28-15-20(26-10-5-9-21)27-12-11-25-14-19(23)24;1-2-6-19-17(23)12-4-3-5-14(7-12)25-10-15(20)13(8-18)9-24-11-16(21)22;1-2-7-17-16(21)12-4-3-5-14(9-12)23-10-13(18)6-8-22-11-15(19)20;1-13(18)17-4-6-21-8-7-20-5-3-15(11-16)12-22-9-10-23-14(2)19/h4-7,10,13,20H,2-3,8,11-12,14-15H2,1H3,(H,23,24);3-5,7,9H,2,6,10-11H2,1H3,(H,19,23)(H,21,22);3-6,8-9H,2,7,10-11H2,1H3,(H,17,21)(H,19,20);12H,3-10H2,1-2H3,(H,17,18)/b10-5+;13-9+;8-6+;15-12-. The summed E-state index contributed by atoms with van der Waals surface area (Å²) >= 11 is 0. The van der Waals surface area contributed by atoms with E-state index in [1.54, 1.807) is 78.9 Å². The second-order valence-corrected chi connectivity index (χ2v) is 19.5. The van der Waals surface area contributed by atoms with Gasteiger partial charge in [-0.25, -0.2) is 14.4 Å². The quantitative estimate of drug-likeness (QED) is 0.00703. The maximum atomic E-state index is 12.1. The Morgan fingerprint density at radius 1 is 0.535 bits per heavy atom. The molecule has 0 aliphatic carbocycles. The van der Waals surface area contributed by atoms with Gasteiger partial charge < -0.3 is 88.1 Å². The molecule has 1 atom stereocenters. The third kappa shape index (κ3) is 50.0. The predicted octanol–water partition coefficient (Wildman–Crippen LogP) is 6.14. The molecular formula is C68H86N6O25. The van der Waals surface area contributed by atoms with E-state index in [1.807, 2.05) is 26.8 Å². The number of amides is 3. The van der Waals surface area contributed by atoms with E-state index in [1.165, 1.54) is 32.4 Å². The average molecular weight is 1390 g/mol. The molecule has 3 aromatic rings. The molecule has 0 heterocycles. The first-order valence-electron chi connectivity index (χ1n) is 30.8. The summed E-state index contributed by atoms with van der Waals surface area (Å²) in [5, 5.41) is 59.7. The molecule has 0 saturated carbocycles. The molecule has 0 aliphatic rings. The van der Waals surface area contributed by atoms with Gasteiger partial charge in [-0.15, -0.1) is 0 Å². The molecular weight excluding hydrogens is 1300 g/mol. The molecule has 3 aromatic carbocycles. The molecule has 0 aromatic heterocycles. The number of ether oxygens (including phenoxy) is 12. The van der Waals surface area contributed by atoms with Crippen LogP contribution in [0.25, 0.3) is 0 Å². The Morgan fingerprint density at radius 3 is 1.66 bits per heavy atom. The number of rotatable bonds is 48. The summed E-state index contributed by atoms with van der Waals surface area (Å²) in [5.74, 6) is -4.16. The van der Waals surface area contributed by atoms with Gasteiger partial charge in [0.05, 0.1) is 82.2 Å². The van der Waals surface area contributed by atoms with Crippen LogP contribution in [0.5, 0.6) is 17.2 Å². The van der Waals surface area contributed by atoms with Gasteiger partial charge >= 0.3 is 23.9 Å². The SMILES string of the molecule is CC(=O)NCCOCCOCC/C(C#N)=C/OCCOC(C)=O.CCCCC(=O)c1cccc(OCC(O/C=C/C#N)OCCOCC(=O)O)c1.CCCNC(=O)c1cccc(OCC(=O)/C(C#N)=C/OCC(=O)O)c1.CCCNC(=O)c1cccc(OCC(=O)/C=C/OCC(=O)O)c1.